The maximum absolute atomic E-state index is 12.0. The van der Waals surface area contributed by atoms with Crippen molar-refractivity contribution < 1.29 is 27.8 Å². The van der Waals surface area contributed by atoms with E-state index in [0.717, 1.165) is 12.1 Å². The Balaban J connectivity index is 0.00000289. The number of nitrogens with two attached hydrogens (primary N) is 1. The van der Waals surface area contributed by atoms with Crippen molar-refractivity contribution >= 4 is 12.4 Å². The van der Waals surface area contributed by atoms with E-state index in [1.165, 1.54) is 13.2 Å². The molecule has 3 N–H and O–H groups in total. The summed E-state index contributed by atoms with van der Waals surface area (Å²) in [7, 11) is 1.29. The predicted molar refractivity (Wildman–Crippen MR) is 60.9 cm³/mol. The third-order valence-electron chi connectivity index (χ3n) is 2.03. The van der Waals surface area contributed by atoms with Gasteiger partial charge in [-0.1, -0.05) is 0 Å². The van der Waals surface area contributed by atoms with Crippen molar-refractivity contribution in [1.82, 2.24) is 0 Å². The molecule has 8 heteroatoms. The molecular weight excluding hydrogens is 275 g/mol. The maximum atomic E-state index is 12.0. The Bertz CT molecular complexity index is 387. The molecule has 1 aromatic carbocycles. The van der Waals surface area contributed by atoms with Gasteiger partial charge in [-0.05, 0) is 12.1 Å². The van der Waals surface area contributed by atoms with E-state index in [1.54, 1.807) is 0 Å². The van der Waals surface area contributed by atoms with Gasteiger partial charge in [-0.15, -0.1) is 25.6 Å². The number of alkyl halides is 3. The summed E-state index contributed by atoms with van der Waals surface area (Å²) in [5.74, 6) is -0.267. The lowest BCUT2D eigenvalue weighted by molar-refractivity contribution is -0.274. The second-order valence-corrected chi connectivity index (χ2v) is 3.24. The van der Waals surface area contributed by atoms with E-state index in [2.05, 4.69) is 4.74 Å². The number of aliphatic hydroxyl groups is 1. The van der Waals surface area contributed by atoms with Crippen LogP contribution in [0, 0.1) is 0 Å². The Kier molecular flexibility index (Phi) is 6.23. The molecule has 0 aliphatic heterocycles. The van der Waals surface area contributed by atoms with Crippen LogP contribution < -0.4 is 15.2 Å². The molecule has 0 saturated heterocycles. The summed E-state index contributed by atoms with van der Waals surface area (Å²) in [6.45, 7) is -0.337. The molecule has 0 unspecified atom stereocenters. The Morgan fingerprint density at radius 3 is 2.44 bits per heavy atom. The number of ether oxygens (including phenoxy) is 2. The van der Waals surface area contributed by atoms with E-state index in [4.69, 9.17) is 15.6 Å². The second kappa shape index (κ2) is 6.67. The Labute approximate surface area is 108 Å². The number of hydrogen-bond donors (Lipinski definition) is 2. The SMILES string of the molecule is COc1cc(OC(F)(F)F)ccc1[C@H](N)CO.Cl. The Morgan fingerprint density at radius 1 is 1.39 bits per heavy atom. The summed E-state index contributed by atoms with van der Waals surface area (Å²) >= 11 is 0. The molecule has 1 aromatic rings. The molecule has 18 heavy (non-hydrogen) atoms. The fourth-order valence-electron chi connectivity index (χ4n) is 1.29. The normalized spacial score (nSPS) is 12.6. The number of aliphatic hydroxyl groups excluding tert-OH is 1. The third-order valence-corrected chi connectivity index (χ3v) is 2.03. The lowest BCUT2D eigenvalue weighted by Crippen LogP contribution is -2.18. The van der Waals surface area contributed by atoms with E-state index in [1.807, 2.05) is 0 Å². The molecule has 0 saturated carbocycles. The summed E-state index contributed by atoms with van der Waals surface area (Å²) < 4.78 is 44.5. The van der Waals surface area contributed by atoms with Gasteiger partial charge in [-0.3, -0.25) is 0 Å². The number of methoxy groups -OCH3 is 1. The molecule has 0 aliphatic rings. The molecule has 4 nitrogen and oxygen atoms in total. The highest BCUT2D eigenvalue weighted by Gasteiger charge is 2.31. The van der Waals surface area contributed by atoms with Gasteiger partial charge in [-0.25, -0.2) is 0 Å². The molecule has 0 radical (unpaired) electrons. The molecule has 0 aromatic heterocycles. The average molecular weight is 288 g/mol. The first-order valence-electron chi connectivity index (χ1n) is 4.67. The molecule has 1 atom stereocenters. The van der Waals surface area contributed by atoms with Crippen molar-refractivity contribution in [2.45, 2.75) is 12.4 Å². The van der Waals surface area contributed by atoms with Gasteiger partial charge < -0.3 is 20.3 Å². The van der Waals surface area contributed by atoms with Crippen LogP contribution in [0.15, 0.2) is 18.2 Å². The fourth-order valence-corrected chi connectivity index (χ4v) is 1.29. The molecule has 0 bridgehead atoms. The van der Waals surface area contributed by atoms with Crippen molar-refractivity contribution in [3.05, 3.63) is 23.8 Å². The highest BCUT2D eigenvalue weighted by Crippen LogP contribution is 2.31. The summed E-state index contributed by atoms with van der Waals surface area (Å²) in [6, 6.07) is 2.78. The topological polar surface area (TPSA) is 64.7 Å². The standard InChI is InChI=1S/C10H12F3NO3.ClH/c1-16-9-4-6(17-10(11,12)13)2-3-7(9)8(14)5-15;/h2-4,8,15H,5,14H2,1H3;1H/t8-;/m1./s1. The van der Waals surface area contributed by atoms with Gasteiger partial charge in [0.1, 0.15) is 11.5 Å². The first kappa shape index (κ1) is 16.8. The van der Waals surface area contributed by atoms with E-state index >= 15 is 0 Å². The monoisotopic (exact) mass is 287 g/mol. The minimum atomic E-state index is -4.76. The number of halogens is 4. The van der Waals surface area contributed by atoms with Crippen LogP contribution in [0.25, 0.3) is 0 Å². The van der Waals surface area contributed by atoms with Gasteiger partial charge in [0.2, 0.25) is 0 Å². The van der Waals surface area contributed by atoms with Gasteiger partial charge >= 0.3 is 6.36 Å². The Morgan fingerprint density at radius 2 is 2.00 bits per heavy atom. The third kappa shape index (κ3) is 4.59. The first-order valence-corrected chi connectivity index (χ1v) is 4.67. The van der Waals surface area contributed by atoms with Gasteiger partial charge in [0.15, 0.2) is 0 Å². The van der Waals surface area contributed by atoms with Crippen LogP contribution >= 0.6 is 12.4 Å². The van der Waals surface area contributed by atoms with Crippen LogP contribution in [0.4, 0.5) is 13.2 Å². The van der Waals surface area contributed by atoms with Crippen LogP contribution in [0.5, 0.6) is 11.5 Å². The zero-order valence-electron chi connectivity index (χ0n) is 9.40. The van der Waals surface area contributed by atoms with Gasteiger partial charge in [0.05, 0.1) is 19.8 Å². The lowest BCUT2D eigenvalue weighted by Gasteiger charge is -2.15. The van der Waals surface area contributed by atoms with Crippen LogP contribution in [0.1, 0.15) is 11.6 Å². The minimum Gasteiger partial charge on any atom is -0.496 e. The molecule has 104 valence electrons. The van der Waals surface area contributed by atoms with Crippen molar-refractivity contribution in [2.75, 3.05) is 13.7 Å². The van der Waals surface area contributed by atoms with Gasteiger partial charge in [0.25, 0.3) is 0 Å². The van der Waals surface area contributed by atoms with Crippen molar-refractivity contribution in [3.63, 3.8) is 0 Å². The van der Waals surface area contributed by atoms with E-state index in [-0.39, 0.29) is 24.8 Å². The molecule has 0 amide bonds. The number of hydrogen-bond acceptors (Lipinski definition) is 4. The summed E-state index contributed by atoms with van der Waals surface area (Å²) in [6.07, 6.45) is -4.76. The Hall–Kier alpha value is -1.18. The number of benzene rings is 1. The highest BCUT2D eigenvalue weighted by molar-refractivity contribution is 5.85. The zero-order chi connectivity index (χ0) is 13.1. The van der Waals surface area contributed by atoms with Gasteiger partial charge in [0, 0.05) is 11.6 Å². The smallest absolute Gasteiger partial charge is 0.496 e. The van der Waals surface area contributed by atoms with Crippen molar-refractivity contribution in [3.8, 4) is 11.5 Å². The van der Waals surface area contributed by atoms with Crippen LogP contribution in [-0.2, 0) is 0 Å². The van der Waals surface area contributed by atoms with Crippen molar-refractivity contribution in [2.24, 2.45) is 5.73 Å². The molecule has 0 spiro atoms. The van der Waals surface area contributed by atoms with E-state index in [0.29, 0.717) is 5.56 Å². The van der Waals surface area contributed by atoms with E-state index < -0.39 is 18.2 Å². The van der Waals surface area contributed by atoms with Crippen molar-refractivity contribution in [1.29, 1.82) is 0 Å². The van der Waals surface area contributed by atoms with Crippen LogP contribution in [0.3, 0.4) is 0 Å². The summed E-state index contributed by atoms with van der Waals surface area (Å²) in [5.41, 5.74) is 5.96. The summed E-state index contributed by atoms with van der Waals surface area (Å²) in [5, 5.41) is 8.87. The molecule has 0 heterocycles. The second-order valence-electron chi connectivity index (χ2n) is 3.24. The zero-order valence-corrected chi connectivity index (χ0v) is 10.2. The first-order chi connectivity index (χ1) is 7.87. The minimum absolute atomic E-state index is 0. The lowest BCUT2D eigenvalue weighted by atomic mass is 10.1. The molecular formula is C10H13ClF3NO3. The predicted octanol–water partition coefficient (Wildman–Crippen LogP) is 2.01. The fraction of sp³-hybridized carbons (Fsp3) is 0.400. The molecule has 0 aliphatic carbocycles. The van der Waals surface area contributed by atoms with Crippen LogP contribution in [0.2, 0.25) is 0 Å². The van der Waals surface area contributed by atoms with Gasteiger partial charge in [-0.2, -0.15) is 0 Å². The quantitative estimate of drug-likeness (QED) is 0.889. The molecule has 1 rings (SSSR count). The highest BCUT2D eigenvalue weighted by atomic mass is 35.5. The van der Waals surface area contributed by atoms with E-state index in [9.17, 15) is 13.2 Å². The largest absolute Gasteiger partial charge is 0.573 e. The number of rotatable bonds is 4. The average Bonchev–Trinajstić information content (AvgIpc) is 2.25. The molecule has 0 fully saturated rings. The summed E-state index contributed by atoms with van der Waals surface area (Å²) in [4.78, 5) is 0. The maximum Gasteiger partial charge on any atom is 0.573 e. The van der Waals surface area contributed by atoms with Crippen LogP contribution in [-0.4, -0.2) is 25.2 Å².